The third-order valence-corrected chi connectivity index (χ3v) is 7.33. The minimum atomic E-state index is -0.313. The number of para-hydroxylation sites is 1. The summed E-state index contributed by atoms with van der Waals surface area (Å²) in [4.78, 5) is 36.7. The molecule has 0 fully saturated rings. The lowest BCUT2D eigenvalue weighted by molar-refractivity contribution is -0.121. The van der Waals surface area contributed by atoms with Crippen LogP contribution in [0.25, 0.3) is 31.0 Å². The van der Waals surface area contributed by atoms with Gasteiger partial charge >= 0.3 is 0 Å². The van der Waals surface area contributed by atoms with E-state index in [9.17, 15) is 9.59 Å². The Balaban J connectivity index is 1.38. The first-order valence-corrected chi connectivity index (χ1v) is 12.1. The zero-order valence-electron chi connectivity index (χ0n) is 18.4. The first-order valence-electron chi connectivity index (χ1n) is 10.4. The van der Waals surface area contributed by atoms with Crippen LogP contribution in [0.4, 0.5) is 0 Å². The van der Waals surface area contributed by atoms with E-state index in [4.69, 9.17) is 14.5 Å². The van der Waals surface area contributed by atoms with Crippen LogP contribution < -0.4 is 20.3 Å². The molecule has 1 N–H and O–H groups in total. The number of fused-ring (bicyclic) bond motifs is 3. The second kappa shape index (κ2) is 9.24. The SMILES string of the molecule is COc1cccc(CNC(=O)Cn2cnc3c(sc4nc(-c5cccs5)ccc43)c2=O)c1OC. The smallest absolute Gasteiger partial charge is 0.271 e. The number of aromatic nitrogens is 3. The van der Waals surface area contributed by atoms with Gasteiger partial charge in [-0.3, -0.25) is 14.2 Å². The third kappa shape index (κ3) is 4.02. The Morgan fingerprint density at radius 2 is 2.00 bits per heavy atom. The van der Waals surface area contributed by atoms with E-state index in [-0.39, 0.29) is 24.6 Å². The molecule has 0 aliphatic carbocycles. The van der Waals surface area contributed by atoms with E-state index >= 15 is 0 Å². The van der Waals surface area contributed by atoms with Gasteiger partial charge in [0.2, 0.25) is 5.91 Å². The van der Waals surface area contributed by atoms with Crippen LogP contribution in [0.1, 0.15) is 5.56 Å². The Hall–Kier alpha value is -3.76. The summed E-state index contributed by atoms with van der Waals surface area (Å²) in [7, 11) is 3.11. The van der Waals surface area contributed by atoms with Gasteiger partial charge in [0.15, 0.2) is 11.5 Å². The maximum atomic E-state index is 13.1. The van der Waals surface area contributed by atoms with Gasteiger partial charge in [0.25, 0.3) is 5.56 Å². The summed E-state index contributed by atoms with van der Waals surface area (Å²) in [5, 5.41) is 5.66. The molecule has 0 aliphatic heterocycles. The summed E-state index contributed by atoms with van der Waals surface area (Å²) in [5.74, 6) is 0.832. The van der Waals surface area contributed by atoms with Crippen LogP contribution >= 0.6 is 22.7 Å². The van der Waals surface area contributed by atoms with E-state index in [0.717, 1.165) is 26.4 Å². The average Bonchev–Trinajstić information content (AvgIpc) is 3.52. The molecule has 0 aliphatic rings. The van der Waals surface area contributed by atoms with Crippen molar-refractivity contribution < 1.29 is 14.3 Å². The molecule has 0 bridgehead atoms. The van der Waals surface area contributed by atoms with Gasteiger partial charge < -0.3 is 14.8 Å². The Kier molecular flexibility index (Phi) is 5.99. The fourth-order valence-electron chi connectivity index (χ4n) is 3.72. The quantitative estimate of drug-likeness (QED) is 0.368. The molecule has 5 aromatic rings. The van der Waals surface area contributed by atoms with E-state index in [1.165, 1.54) is 22.2 Å². The maximum Gasteiger partial charge on any atom is 0.271 e. The highest BCUT2D eigenvalue weighted by atomic mass is 32.1. The van der Waals surface area contributed by atoms with Crippen molar-refractivity contribution in [3.05, 3.63) is 70.1 Å². The van der Waals surface area contributed by atoms with Crippen LogP contribution in [0.5, 0.6) is 11.5 Å². The predicted molar refractivity (Wildman–Crippen MR) is 134 cm³/mol. The van der Waals surface area contributed by atoms with Crippen molar-refractivity contribution in [1.29, 1.82) is 0 Å². The summed E-state index contributed by atoms with van der Waals surface area (Å²) in [6.45, 7) is 0.0953. The van der Waals surface area contributed by atoms with Crippen molar-refractivity contribution in [3.63, 3.8) is 0 Å². The Labute approximate surface area is 202 Å². The predicted octanol–water partition coefficient (Wildman–Crippen LogP) is 4.07. The third-order valence-electron chi connectivity index (χ3n) is 5.36. The number of amides is 1. The molecule has 4 heterocycles. The number of pyridine rings is 1. The van der Waals surface area contributed by atoms with Gasteiger partial charge in [-0.1, -0.05) is 18.2 Å². The van der Waals surface area contributed by atoms with Crippen molar-refractivity contribution in [3.8, 4) is 22.1 Å². The zero-order chi connectivity index (χ0) is 23.7. The van der Waals surface area contributed by atoms with Gasteiger partial charge in [-0.15, -0.1) is 22.7 Å². The lowest BCUT2D eigenvalue weighted by atomic mass is 10.2. The highest BCUT2D eigenvalue weighted by Crippen LogP contribution is 2.32. The second-order valence-corrected chi connectivity index (χ2v) is 9.36. The standard InChI is InChI=1S/C24H20N4O4S2/c1-31-17-6-3-5-14(21(17)32-2)11-25-19(29)12-28-13-26-20-15-8-9-16(18-7-4-10-33-18)27-23(15)34-22(20)24(28)30/h3-10,13H,11-12H2,1-2H3,(H,25,29). The summed E-state index contributed by atoms with van der Waals surface area (Å²) in [6, 6.07) is 13.3. The Bertz CT molecular complexity index is 1560. The van der Waals surface area contributed by atoms with Gasteiger partial charge in [0.1, 0.15) is 16.1 Å². The van der Waals surface area contributed by atoms with E-state index in [0.29, 0.717) is 21.7 Å². The molecular formula is C24H20N4O4S2. The number of carbonyl (C=O) groups is 1. The number of nitrogens with zero attached hydrogens (tertiary/aromatic N) is 3. The molecule has 172 valence electrons. The number of carbonyl (C=O) groups excluding carboxylic acids is 1. The second-order valence-electron chi connectivity index (χ2n) is 7.41. The first-order chi connectivity index (χ1) is 16.6. The van der Waals surface area contributed by atoms with Crippen LogP contribution in [0.15, 0.2) is 59.0 Å². The lowest BCUT2D eigenvalue weighted by Crippen LogP contribution is -2.32. The molecule has 0 unspecified atom stereocenters. The normalized spacial score (nSPS) is 11.1. The Morgan fingerprint density at radius 1 is 1.12 bits per heavy atom. The summed E-state index contributed by atoms with van der Waals surface area (Å²) < 4.78 is 12.5. The zero-order valence-corrected chi connectivity index (χ0v) is 20.0. The number of nitrogens with one attached hydrogen (secondary N) is 1. The molecule has 8 nitrogen and oxygen atoms in total. The molecule has 0 atom stereocenters. The first kappa shape index (κ1) is 22.1. The van der Waals surface area contributed by atoms with Gasteiger partial charge in [-0.25, -0.2) is 9.97 Å². The van der Waals surface area contributed by atoms with Crippen molar-refractivity contribution in [2.24, 2.45) is 0 Å². The van der Waals surface area contributed by atoms with Gasteiger partial charge in [-0.05, 0) is 29.6 Å². The molecule has 0 spiro atoms. The molecular weight excluding hydrogens is 472 g/mol. The molecule has 1 aromatic carbocycles. The molecule has 34 heavy (non-hydrogen) atoms. The molecule has 0 radical (unpaired) electrons. The summed E-state index contributed by atoms with van der Waals surface area (Å²) in [6.07, 6.45) is 1.41. The number of hydrogen-bond acceptors (Lipinski definition) is 8. The van der Waals surface area contributed by atoms with Crippen molar-refractivity contribution in [1.82, 2.24) is 19.9 Å². The van der Waals surface area contributed by atoms with Crippen molar-refractivity contribution in [2.45, 2.75) is 13.1 Å². The number of rotatable bonds is 7. The van der Waals surface area contributed by atoms with E-state index in [2.05, 4.69) is 10.3 Å². The number of thiophene rings is 2. The van der Waals surface area contributed by atoms with Gasteiger partial charge in [0, 0.05) is 17.5 Å². The lowest BCUT2D eigenvalue weighted by Gasteiger charge is -2.13. The minimum Gasteiger partial charge on any atom is -0.493 e. The van der Waals surface area contributed by atoms with Crippen LogP contribution in [0, 0.1) is 0 Å². The monoisotopic (exact) mass is 492 g/mol. The highest BCUT2D eigenvalue weighted by Gasteiger charge is 2.16. The Morgan fingerprint density at radius 3 is 2.76 bits per heavy atom. The van der Waals surface area contributed by atoms with Crippen molar-refractivity contribution >= 4 is 49.0 Å². The summed E-state index contributed by atoms with van der Waals surface area (Å²) in [5.41, 5.74) is 1.97. The maximum absolute atomic E-state index is 13.1. The molecule has 1 amide bonds. The molecule has 0 saturated carbocycles. The molecule has 4 aromatic heterocycles. The van der Waals surface area contributed by atoms with Gasteiger partial charge in [0.05, 0.1) is 36.6 Å². The minimum absolute atomic E-state index is 0.143. The topological polar surface area (TPSA) is 95.3 Å². The number of ether oxygens (including phenoxy) is 2. The fourth-order valence-corrected chi connectivity index (χ4v) is 5.49. The number of hydrogen-bond donors (Lipinski definition) is 1. The van der Waals surface area contributed by atoms with E-state index in [1.807, 2.05) is 41.8 Å². The van der Waals surface area contributed by atoms with Crippen molar-refractivity contribution in [2.75, 3.05) is 14.2 Å². The summed E-state index contributed by atoms with van der Waals surface area (Å²) >= 11 is 2.91. The molecule has 10 heteroatoms. The highest BCUT2D eigenvalue weighted by molar-refractivity contribution is 7.25. The number of benzene rings is 1. The molecule has 5 rings (SSSR count). The van der Waals surface area contributed by atoms with Crippen LogP contribution in [0.2, 0.25) is 0 Å². The van der Waals surface area contributed by atoms with E-state index in [1.54, 1.807) is 31.6 Å². The van der Waals surface area contributed by atoms with E-state index < -0.39 is 0 Å². The number of methoxy groups -OCH3 is 2. The molecule has 0 saturated heterocycles. The fraction of sp³-hybridized carbons (Fsp3) is 0.167. The van der Waals surface area contributed by atoms with Crippen LogP contribution in [-0.2, 0) is 17.9 Å². The average molecular weight is 493 g/mol. The van der Waals surface area contributed by atoms with Gasteiger partial charge in [-0.2, -0.15) is 0 Å². The largest absolute Gasteiger partial charge is 0.493 e. The van der Waals surface area contributed by atoms with Crippen LogP contribution in [0.3, 0.4) is 0 Å². The van der Waals surface area contributed by atoms with Crippen LogP contribution in [-0.4, -0.2) is 34.7 Å².